The first-order chi connectivity index (χ1) is 8.94. The molecule has 0 spiro atoms. The Labute approximate surface area is 116 Å². The van der Waals surface area contributed by atoms with Crippen LogP contribution in [0, 0.1) is 11.3 Å². The summed E-state index contributed by atoms with van der Waals surface area (Å²) in [6.45, 7) is 9.63. The molecule has 0 radical (unpaired) electrons. The second-order valence-corrected chi connectivity index (χ2v) is 6.25. The summed E-state index contributed by atoms with van der Waals surface area (Å²) >= 11 is 0. The molecule has 0 atom stereocenters. The summed E-state index contributed by atoms with van der Waals surface area (Å²) in [5, 5.41) is 3.51. The van der Waals surface area contributed by atoms with Crippen molar-refractivity contribution in [1.29, 1.82) is 0 Å². The second-order valence-electron chi connectivity index (χ2n) is 6.25. The molecule has 0 bridgehead atoms. The lowest BCUT2D eigenvalue weighted by Crippen LogP contribution is -2.21. The first-order valence-electron chi connectivity index (χ1n) is 7.23. The Balaban J connectivity index is 2.05. The third-order valence-corrected chi connectivity index (χ3v) is 4.18. The van der Waals surface area contributed by atoms with Crippen LogP contribution in [0.5, 0.6) is 5.75 Å². The van der Waals surface area contributed by atoms with Gasteiger partial charge in [-0.3, -0.25) is 0 Å². The van der Waals surface area contributed by atoms with Crippen LogP contribution in [0.2, 0.25) is 0 Å². The van der Waals surface area contributed by atoms with E-state index in [9.17, 15) is 0 Å². The normalized spacial score (nSPS) is 16.7. The molecule has 3 nitrogen and oxygen atoms in total. The van der Waals surface area contributed by atoms with Gasteiger partial charge in [-0.1, -0.05) is 19.9 Å². The van der Waals surface area contributed by atoms with E-state index in [0.29, 0.717) is 5.41 Å². The van der Waals surface area contributed by atoms with Crippen LogP contribution >= 0.6 is 0 Å². The third kappa shape index (κ3) is 3.14. The SMILES string of the molecule is CC(C)Oc1cccc(NCC2(C(C)C)CC2)c1N. The van der Waals surface area contributed by atoms with Gasteiger partial charge in [-0.05, 0) is 50.2 Å². The molecule has 19 heavy (non-hydrogen) atoms. The minimum Gasteiger partial charge on any atom is -0.489 e. The average molecular weight is 262 g/mol. The van der Waals surface area contributed by atoms with Crippen molar-refractivity contribution in [2.75, 3.05) is 17.6 Å². The summed E-state index contributed by atoms with van der Waals surface area (Å²) in [4.78, 5) is 0. The van der Waals surface area contributed by atoms with Crippen molar-refractivity contribution in [3.63, 3.8) is 0 Å². The van der Waals surface area contributed by atoms with Crippen LogP contribution in [-0.2, 0) is 0 Å². The average Bonchev–Trinajstić information content (AvgIpc) is 3.11. The summed E-state index contributed by atoms with van der Waals surface area (Å²) in [5.74, 6) is 1.49. The molecule has 2 rings (SSSR count). The van der Waals surface area contributed by atoms with E-state index in [1.165, 1.54) is 12.8 Å². The molecule has 0 unspecified atom stereocenters. The smallest absolute Gasteiger partial charge is 0.144 e. The number of ether oxygens (including phenoxy) is 1. The second kappa shape index (κ2) is 5.32. The Bertz CT molecular complexity index is 436. The molecule has 0 aliphatic heterocycles. The number of nitrogen functional groups attached to an aromatic ring is 1. The first kappa shape index (κ1) is 14.0. The molecule has 3 heteroatoms. The van der Waals surface area contributed by atoms with Crippen LogP contribution in [-0.4, -0.2) is 12.6 Å². The number of benzene rings is 1. The summed E-state index contributed by atoms with van der Waals surface area (Å²) < 4.78 is 5.72. The zero-order valence-corrected chi connectivity index (χ0v) is 12.5. The van der Waals surface area contributed by atoms with Gasteiger partial charge in [-0.2, -0.15) is 0 Å². The van der Waals surface area contributed by atoms with Crippen molar-refractivity contribution in [2.24, 2.45) is 11.3 Å². The van der Waals surface area contributed by atoms with Crippen LogP contribution in [0.25, 0.3) is 0 Å². The lowest BCUT2D eigenvalue weighted by molar-refractivity contribution is 0.244. The van der Waals surface area contributed by atoms with Gasteiger partial charge in [0, 0.05) is 6.54 Å². The van der Waals surface area contributed by atoms with Crippen molar-refractivity contribution < 1.29 is 4.74 Å². The number of hydrogen-bond donors (Lipinski definition) is 2. The Morgan fingerprint density at radius 1 is 1.26 bits per heavy atom. The van der Waals surface area contributed by atoms with Crippen molar-refractivity contribution in [3.05, 3.63) is 18.2 Å². The van der Waals surface area contributed by atoms with Crippen LogP contribution in [0.4, 0.5) is 11.4 Å². The molecule has 106 valence electrons. The molecule has 1 saturated carbocycles. The molecule has 0 aromatic heterocycles. The van der Waals surface area contributed by atoms with Crippen LogP contribution < -0.4 is 15.8 Å². The lowest BCUT2D eigenvalue weighted by atomic mass is 9.92. The summed E-state index contributed by atoms with van der Waals surface area (Å²) in [7, 11) is 0. The minimum atomic E-state index is 0.142. The topological polar surface area (TPSA) is 47.3 Å². The number of nitrogens with one attached hydrogen (secondary N) is 1. The van der Waals surface area contributed by atoms with Gasteiger partial charge >= 0.3 is 0 Å². The van der Waals surface area contributed by atoms with Crippen LogP contribution in [0.15, 0.2) is 18.2 Å². The van der Waals surface area contributed by atoms with Crippen molar-refractivity contribution >= 4 is 11.4 Å². The fourth-order valence-corrected chi connectivity index (χ4v) is 2.44. The Morgan fingerprint density at radius 3 is 2.47 bits per heavy atom. The highest BCUT2D eigenvalue weighted by Crippen LogP contribution is 2.52. The monoisotopic (exact) mass is 262 g/mol. The van der Waals surface area contributed by atoms with Crippen molar-refractivity contribution in [3.8, 4) is 5.75 Å². The van der Waals surface area contributed by atoms with Crippen LogP contribution in [0.1, 0.15) is 40.5 Å². The van der Waals surface area contributed by atoms with Gasteiger partial charge < -0.3 is 15.8 Å². The number of para-hydroxylation sites is 1. The number of nitrogens with two attached hydrogens (primary N) is 1. The van der Waals surface area contributed by atoms with Gasteiger partial charge in [-0.15, -0.1) is 0 Å². The van der Waals surface area contributed by atoms with E-state index < -0.39 is 0 Å². The Kier molecular flexibility index (Phi) is 3.93. The number of anilines is 2. The lowest BCUT2D eigenvalue weighted by Gasteiger charge is -2.22. The summed E-state index contributed by atoms with van der Waals surface area (Å²) in [6.07, 6.45) is 2.78. The molecule has 1 aromatic rings. The molecule has 1 aromatic carbocycles. The van der Waals surface area contributed by atoms with E-state index >= 15 is 0 Å². The van der Waals surface area contributed by atoms with Crippen molar-refractivity contribution in [2.45, 2.75) is 46.6 Å². The molecule has 1 aliphatic carbocycles. The standard InChI is InChI=1S/C16H26N2O/c1-11(2)16(8-9-16)10-18-13-6-5-7-14(15(13)17)19-12(3)4/h5-7,11-12,18H,8-10,17H2,1-4H3. The molecule has 0 saturated heterocycles. The van der Waals surface area contributed by atoms with E-state index in [0.717, 1.165) is 29.6 Å². The van der Waals surface area contributed by atoms with E-state index in [1.807, 2.05) is 32.0 Å². The highest BCUT2D eigenvalue weighted by atomic mass is 16.5. The fourth-order valence-electron chi connectivity index (χ4n) is 2.44. The maximum Gasteiger partial charge on any atom is 0.144 e. The Morgan fingerprint density at radius 2 is 1.95 bits per heavy atom. The van der Waals surface area contributed by atoms with Gasteiger partial charge in [0.05, 0.1) is 17.5 Å². The van der Waals surface area contributed by atoms with Gasteiger partial charge in [0.1, 0.15) is 5.75 Å². The largest absolute Gasteiger partial charge is 0.489 e. The third-order valence-electron chi connectivity index (χ3n) is 4.18. The van der Waals surface area contributed by atoms with Gasteiger partial charge in [0.25, 0.3) is 0 Å². The van der Waals surface area contributed by atoms with Gasteiger partial charge in [0.15, 0.2) is 0 Å². The van der Waals surface area contributed by atoms with E-state index in [2.05, 4.69) is 19.2 Å². The van der Waals surface area contributed by atoms with Gasteiger partial charge in [-0.25, -0.2) is 0 Å². The molecule has 1 fully saturated rings. The molecule has 3 N–H and O–H groups in total. The van der Waals surface area contributed by atoms with Gasteiger partial charge in [0.2, 0.25) is 0 Å². The molecule has 0 heterocycles. The minimum absolute atomic E-state index is 0.142. The molecular weight excluding hydrogens is 236 g/mol. The van der Waals surface area contributed by atoms with Crippen molar-refractivity contribution in [1.82, 2.24) is 0 Å². The highest BCUT2D eigenvalue weighted by Gasteiger charge is 2.44. The maximum absolute atomic E-state index is 6.17. The zero-order chi connectivity index (χ0) is 14.0. The molecule has 0 amide bonds. The quantitative estimate of drug-likeness (QED) is 0.764. The number of hydrogen-bond acceptors (Lipinski definition) is 3. The summed E-state index contributed by atoms with van der Waals surface area (Å²) in [6, 6.07) is 5.94. The summed E-state index contributed by atoms with van der Waals surface area (Å²) in [5.41, 5.74) is 8.35. The predicted octanol–water partition coefficient (Wildman–Crippen LogP) is 3.90. The zero-order valence-electron chi connectivity index (χ0n) is 12.5. The highest BCUT2D eigenvalue weighted by molar-refractivity contribution is 5.73. The van der Waals surface area contributed by atoms with Crippen LogP contribution in [0.3, 0.4) is 0 Å². The first-order valence-corrected chi connectivity index (χ1v) is 7.23. The maximum atomic E-state index is 6.17. The predicted molar refractivity (Wildman–Crippen MR) is 81.6 cm³/mol. The molecule has 1 aliphatic rings. The van der Waals surface area contributed by atoms with E-state index in [4.69, 9.17) is 10.5 Å². The fraction of sp³-hybridized carbons (Fsp3) is 0.625. The van der Waals surface area contributed by atoms with E-state index in [-0.39, 0.29) is 6.10 Å². The number of rotatable bonds is 6. The molecular formula is C16H26N2O. The van der Waals surface area contributed by atoms with E-state index in [1.54, 1.807) is 0 Å². The Hall–Kier alpha value is -1.38.